The highest BCUT2D eigenvalue weighted by molar-refractivity contribution is 5.39. The molecule has 1 aromatic rings. The van der Waals surface area contributed by atoms with Crippen molar-refractivity contribution in [2.24, 2.45) is 0 Å². The molecule has 2 heterocycles. The molecule has 0 unspecified atom stereocenters. The molecule has 0 spiro atoms. The Labute approximate surface area is 119 Å². The molecular weight excluding hydrogens is 258 g/mol. The Morgan fingerprint density at radius 2 is 1.95 bits per heavy atom. The number of anilines is 2. The third kappa shape index (κ3) is 3.16. The zero-order valence-corrected chi connectivity index (χ0v) is 12.6. The molecule has 7 heteroatoms. The summed E-state index contributed by atoms with van der Waals surface area (Å²) in [5, 5.41) is 9.33. The normalized spacial score (nSPS) is 22.1. The van der Waals surface area contributed by atoms with Crippen LogP contribution in [0, 0.1) is 6.92 Å². The fourth-order valence-electron chi connectivity index (χ4n) is 2.43. The molecule has 0 bridgehead atoms. The van der Waals surface area contributed by atoms with Crippen molar-refractivity contribution in [3.8, 4) is 0 Å². The molecule has 0 radical (unpaired) electrons. The van der Waals surface area contributed by atoms with E-state index in [1.165, 1.54) is 0 Å². The van der Waals surface area contributed by atoms with Gasteiger partial charge in [-0.25, -0.2) is 0 Å². The van der Waals surface area contributed by atoms with Crippen molar-refractivity contribution >= 4 is 11.9 Å². The van der Waals surface area contributed by atoms with Gasteiger partial charge in [-0.1, -0.05) is 0 Å². The van der Waals surface area contributed by atoms with Crippen LogP contribution in [0.25, 0.3) is 0 Å². The van der Waals surface area contributed by atoms with Gasteiger partial charge in [0.25, 0.3) is 0 Å². The van der Waals surface area contributed by atoms with E-state index in [9.17, 15) is 5.11 Å². The zero-order chi connectivity index (χ0) is 14.7. The summed E-state index contributed by atoms with van der Waals surface area (Å²) in [6.45, 7) is 5.19. The van der Waals surface area contributed by atoms with Gasteiger partial charge in [0.15, 0.2) is 0 Å². The molecule has 2 atom stereocenters. The Balaban J connectivity index is 2.33. The number of hydrogen-bond acceptors (Lipinski definition) is 7. The van der Waals surface area contributed by atoms with E-state index in [0.29, 0.717) is 24.3 Å². The van der Waals surface area contributed by atoms with Crippen LogP contribution in [0.5, 0.6) is 0 Å². The zero-order valence-electron chi connectivity index (χ0n) is 12.6. The summed E-state index contributed by atoms with van der Waals surface area (Å²) >= 11 is 0. The summed E-state index contributed by atoms with van der Waals surface area (Å²) in [6, 6.07) is 0.193. The van der Waals surface area contributed by atoms with Crippen LogP contribution in [0.2, 0.25) is 0 Å². The Morgan fingerprint density at radius 3 is 2.50 bits per heavy atom. The average Bonchev–Trinajstić information content (AvgIpc) is 2.81. The lowest BCUT2D eigenvalue weighted by Crippen LogP contribution is -2.43. The summed E-state index contributed by atoms with van der Waals surface area (Å²) in [6.07, 6.45) is 1.03. The molecule has 7 nitrogen and oxygen atoms in total. The van der Waals surface area contributed by atoms with Crippen LogP contribution < -0.4 is 9.80 Å². The van der Waals surface area contributed by atoms with Gasteiger partial charge in [0.2, 0.25) is 11.9 Å². The van der Waals surface area contributed by atoms with Crippen LogP contribution in [0.4, 0.5) is 11.9 Å². The predicted octanol–water partition coefficient (Wildman–Crippen LogP) is 0.222. The topological polar surface area (TPSA) is 74.6 Å². The van der Waals surface area contributed by atoms with E-state index in [1.807, 2.05) is 37.7 Å². The number of aryl methyl sites for hydroxylation is 1. The summed E-state index contributed by atoms with van der Waals surface area (Å²) in [7, 11) is 3.80. The maximum absolute atomic E-state index is 9.33. The van der Waals surface area contributed by atoms with Crippen molar-refractivity contribution in [3.05, 3.63) is 5.82 Å². The van der Waals surface area contributed by atoms with E-state index in [-0.39, 0.29) is 18.8 Å². The summed E-state index contributed by atoms with van der Waals surface area (Å²) in [4.78, 5) is 17.1. The van der Waals surface area contributed by atoms with Gasteiger partial charge in [0, 0.05) is 27.2 Å². The van der Waals surface area contributed by atoms with Gasteiger partial charge in [-0.05, 0) is 20.3 Å². The maximum atomic E-state index is 9.33. The fraction of sp³-hybridized carbons (Fsp3) is 0.769. The Kier molecular flexibility index (Phi) is 4.72. The molecule has 1 aliphatic heterocycles. The van der Waals surface area contributed by atoms with Gasteiger partial charge in [0.1, 0.15) is 5.82 Å². The van der Waals surface area contributed by atoms with E-state index < -0.39 is 0 Å². The molecular formula is C13H23N5O2. The van der Waals surface area contributed by atoms with Crippen LogP contribution >= 0.6 is 0 Å². The quantitative estimate of drug-likeness (QED) is 0.827. The second kappa shape index (κ2) is 6.32. The SMILES string of the molecule is Cc1nc(N(C)C)nc(N(CCO)[C@@H]2CCO[C@H]2C)n1. The molecule has 20 heavy (non-hydrogen) atoms. The van der Waals surface area contributed by atoms with E-state index >= 15 is 0 Å². The Bertz CT molecular complexity index is 454. The largest absolute Gasteiger partial charge is 0.395 e. The smallest absolute Gasteiger partial charge is 0.230 e. The third-order valence-electron chi connectivity index (χ3n) is 3.46. The number of aromatic nitrogens is 3. The summed E-state index contributed by atoms with van der Waals surface area (Å²) < 4.78 is 5.62. The molecule has 0 aliphatic carbocycles. The second-order valence-electron chi connectivity index (χ2n) is 5.23. The third-order valence-corrected chi connectivity index (χ3v) is 3.46. The molecule has 0 amide bonds. The molecule has 1 saturated heterocycles. The number of aliphatic hydroxyl groups excluding tert-OH is 1. The first-order chi connectivity index (χ1) is 9.52. The van der Waals surface area contributed by atoms with Gasteiger partial charge in [0.05, 0.1) is 18.8 Å². The lowest BCUT2D eigenvalue weighted by molar-refractivity contribution is 0.116. The lowest BCUT2D eigenvalue weighted by atomic mass is 10.1. The first-order valence-corrected chi connectivity index (χ1v) is 6.92. The van der Waals surface area contributed by atoms with Crippen LogP contribution in [0.3, 0.4) is 0 Å². The van der Waals surface area contributed by atoms with Gasteiger partial charge in [-0.3, -0.25) is 0 Å². The van der Waals surface area contributed by atoms with Crippen molar-refractivity contribution in [2.75, 3.05) is 43.7 Å². The average molecular weight is 281 g/mol. The van der Waals surface area contributed by atoms with Crippen molar-refractivity contribution in [2.45, 2.75) is 32.4 Å². The first-order valence-electron chi connectivity index (χ1n) is 6.92. The second-order valence-corrected chi connectivity index (χ2v) is 5.23. The minimum Gasteiger partial charge on any atom is -0.395 e. The van der Waals surface area contributed by atoms with E-state index in [0.717, 1.165) is 13.0 Å². The summed E-state index contributed by atoms with van der Waals surface area (Å²) in [5.41, 5.74) is 0. The molecule has 0 aromatic carbocycles. The number of nitrogens with zero attached hydrogens (tertiary/aromatic N) is 5. The number of rotatable bonds is 5. The van der Waals surface area contributed by atoms with Gasteiger partial charge in [-0.2, -0.15) is 15.0 Å². The minimum atomic E-state index is 0.0608. The number of ether oxygens (including phenoxy) is 1. The first kappa shape index (κ1) is 14.9. The Morgan fingerprint density at radius 1 is 1.25 bits per heavy atom. The highest BCUT2D eigenvalue weighted by atomic mass is 16.5. The van der Waals surface area contributed by atoms with Crippen LogP contribution in [-0.4, -0.2) is 66.1 Å². The molecule has 1 fully saturated rings. The highest BCUT2D eigenvalue weighted by Gasteiger charge is 2.31. The standard InChI is InChI=1S/C13H23N5O2/c1-9-11(5-8-20-9)18(6-7-19)13-15-10(2)14-12(16-13)17(3)4/h9,11,19H,5-8H2,1-4H3/t9-,11+/m0/s1. The molecule has 2 rings (SSSR count). The maximum Gasteiger partial charge on any atom is 0.230 e. The van der Waals surface area contributed by atoms with Crippen molar-refractivity contribution in [1.29, 1.82) is 0 Å². The van der Waals surface area contributed by atoms with Crippen LogP contribution in [0.15, 0.2) is 0 Å². The minimum absolute atomic E-state index is 0.0608. The molecule has 1 N–H and O–H groups in total. The van der Waals surface area contributed by atoms with Crippen molar-refractivity contribution in [3.63, 3.8) is 0 Å². The van der Waals surface area contributed by atoms with Gasteiger partial charge >= 0.3 is 0 Å². The fourth-order valence-corrected chi connectivity index (χ4v) is 2.43. The molecule has 112 valence electrons. The molecule has 1 aromatic heterocycles. The predicted molar refractivity (Wildman–Crippen MR) is 77.1 cm³/mol. The number of aliphatic hydroxyl groups is 1. The van der Waals surface area contributed by atoms with E-state index in [4.69, 9.17) is 4.74 Å². The van der Waals surface area contributed by atoms with E-state index in [1.54, 1.807) is 0 Å². The highest BCUT2D eigenvalue weighted by Crippen LogP contribution is 2.24. The van der Waals surface area contributed by atoms with E-state index in [2.05, 4.69) is 15.0 Å². The lowest BCUT2D eigenvalue weighted by Gasteiger charge is -2.30. The monoisotopic (exact) mass is 281 g/mol. The van der Waals surface area contributed by atoms with Crippen molar-refractivity contribution < 1.29 is 9.84 Å². The van der Waals surface area contributed by atoms with Gasteiger partial charge < -0.3 is 19.6 Å². The molecule has 0 saturated carbocycles. The Hall–Kier alpha value is -1.47. The van der Waals surface area contributed by atoms with Gasteiger partial charge in [-0.15, -0.1) is 0 Å². The number of hydrogen-bond donors (Lipinski definition) is 1. The van der Waals surface area contributed by atoms with Crippen LogP contribution in [-0.2, 0) is 4.74 Å². The van der Waals surface area contributed by atoms with Crippen LogP contribution in [0.1, 0.15) is 19.2 Å². The van der Waals surface area contributed by atoms with Crippen molar-refractivity contribution in [1.82, 2.24) is 15.0 Å². The molecule has 1 aliphatic rings. The summed E-state index contributed by atoms with van der Waals surface area (Å²) in [5.74, 6) is 1.91.